The first-order valence-corrected chi connectivity index (χ1v) is 14.1. The highest BCUT2D eigenvalue weighted by atomic mass is 35.5. The number of aromatic hydroxyl groups is 1. The van der Waals surface area contributed by atoms with E-state index in [1.165, 1.54) is 36.0 Å². The fraction of sp³-hybridized carbons (Fsp3) is 0.0625. The minimum absolute atomic E-state index is 0.0140. The lowest BCUT2D eigenvalue weighted by Gasteiger charge is -2.14. The summed E-state index contributed by atoms with van der Waals surface area (Å²) in [5.41, 5.74) is 1.41. The van der Waals surface area contributed by atoms with Crippen LogP contribution in [0.15, 0.2) is 108 Å². The maximum absolute atomic E-state index is 13.2. The maximum Gasteiger partial charge on any atom is 0.339 e. The average Bonchev–Trinajstić information content (AvgIpc) is 2.99. The Morgan fingerprint density at radius 2 is 1.53 bits per heavy atom. The molecule has 11 heteroatoms. The lowest BCUT2D eigenvalue weighted by Crippen LogP contribution is -2.30. The van der Waals surface area contributed by atoms with Crippen LogP contribution < -0.4 is 16.0 Å². The third-order valence-corrected chi connectivity index (χ3v) is 7.32. The first-order chi connectivity index (χ1) is 20.6. The van der Waals surface area contributed by atoms with Crippen molar-refractivity contribution in [3.05, 3.63) is 124 Å². The van der Waals surface area contributed by atoms with E-state index in [0.717, 1.165) is 4.90 Å². The van der Waals surface area contributed by atoms with Crippen LogP contribution in [0.1, 0.15) is 33.2 Å². The van der Waals surface area contributed by atoms with Gasteiger partial charge in [0.1, 0.15) is 17.0 Å². The first-order valence-electron chi connectivity index (χ1n) is 12.9. The SMILES string of the molecule is CC(Sc1ccc(NC(=O)/C(=C/c2cccc(Cl)c2)NC(=O)c2ccccc2)cc1)C(=O)Nc1ccc(O)c(C(=O)O)c1. The summed E-state index contributed by atoms with van der Waals surface area (Å²) in [7, 11) is 0. The van der Waals surface area contributed by atoms with Gasteiger partial charge in [-0.3, -0.25) is 14.4 Å². The van der Waals surface area contributed by atoms with Crippen LogP contribution in [0.4, 0.5) is 11.4 Å². The van der Waals surface area contributed by atoms with Gasteiger partial charge in [0, 0.05) is 26.9 Å². The van der Waals surface area contributed by atoms with Crippen molar-refractivity contribution in [2.24, 2.45) is 0 Å². The molecule has 0 aliphatic heterocycles. The minimum Gasteiger partial charge on any atom is -0.507 e. The molecule has 43 heavy (non-hydrogen) atoms. The molecule has 0 saturated carbocycles. The molecule has 4 aromatic carbocycles. The largest absolute Gasteiger partial charge is 0.507 e. The van der Waals surface area contributed by atoms with E-state index in [1.807, 2.05) is 0 Å². The van der Waals surface area contributed by atoms with E-state index in [2.05, 4.69) is 16.0 Å². The lowest BCUT2D eigenvalue weighted by molar-refractivity contribution is -0.115. The van der Waals surface area contributed by atoms with Gasteiger partial charge in [-0.2, -0.15) is 0 Å². The summed E-state index contributed by atoms with van der Waals surface area (Å²) in [4.78, 5) is 50.7. The molecular formula is C32H26ClN3O6S. The fourth-order valence-electron chi connectivity index (χ4n) is 3.81. The van der Waals surface area contributed by atoms with Gasteiger partial charge in [-0.25, -0.2) is 4.79 Å². The standard InChI is InChI=1S/C32H26ClN3O6S/c1-19(29(38)35-24-12-15-28(37)26(18-24)32(41)42)43-25-13-10-23(11-14-25)34-31(40)27(17-20-6-5-9-22(33)16-20)36-30(39)21-7-3-2-4-8-21/h2-19,37H,1H3,(H,34,40)(H,35,38)(H,36,39)(H,41,42)/b27-17-. The number of hydrogen-bond donors (Lipinski definition) is 5. The highest BCUT2D eigenvalue weighted by molar-refractivity contribution is 8.00. The van der Waals surface area contributed by atoms with E-state index in [-0.39, 0.29) is 22.9 Å². The van der Waals surface area contributed by atoms with Crippen LogP contribution in [0.5, 0.6) is 5.75 Å². The number of thioether (sulfide) groups is 1. The Morgan fingerprint density at radius 3 is 2.21 bits per heavy atom. The Labute approximate surface area is 256 Å². The monoisotopic (exact) mass is 615 g/mol. The van der Waals surface area contributed by atoms with E-state index in [9.17, 15) is 24.3 Å². The van der Waals surface area contributed by atoms with Crippen molar-refractivity contribution >= 4 is 64.5 Å². The molecule has 0 fully saturated rings. The molecule has 0 aliphatic rings. The molecule has 4 rings (SSSR count). The molecule has 5 N–H and O–H groups in total. The zero-order valence-electron chi connectivity index (χ0n) is 22.7. The Morgan fingerprint density at radius 1 is 0.837 bits per heavy atom. The smallest absolute Gasteiger partial charge is 0.339 e. The van der Waals surface area contributed by atoms with Crippen LogP contribution >= 0.6 is 23.4 Å². The van der Waals surface area contributed by atoms with Crippen LogP contribution in [-0.2, 0) is 9.59 Å². The molecule has 3 amide bonds. The quantitative estimate of drug-likeness (QED) is 0.0803. The number of hydrogen-bond acceptors (Lipinski definition) is 6. The van der Waals surface area contributed by atoms with Gasteiger partial charge in [0.15, 0.2) is 0 Å². The van der Waals surface area contributed by atoms with Crippen molar-refractivity contribution in [1.29, 1.82) is 0 Å². The predicted molar refractivity (Wildman–Crippen MR) is 167 cm³/mol. The second-order valence-corrected chi connectivity index (χ2v) is 11.0. The number of carboxylic acid groups (broad SMARTS) is 1. The van der Waals surface area contributed by atoms with Gasteiger partial charge < -0.3 is 26.2 Å². The number of carbonyl (C=O) groups is 4. The molecule has 0 bridgehead atoms. The summed E-state index contributed by atoms with van der Waals surface area (Å²) in [6.07, 6.45) is 1.53. The number of amides is 3. The van der Waals surface area contributed by atoms with E-state index in [4.69, 9.17) is 16.7 Å². The second-order valence-electron chi connectivity index (χ2n) is 9.20. The van der Waals surface area contributed by atoms with Crippen LogP contribution in [0.25, 0.3) is 6.08 Å². The molecule has 9 nitrogen and oxygen atoms in total. The number of halogens is 1. The van der Waals surface area contributed by atoms with E-state index in [1.54, 1.807) is 85.8 Å². The van der Waals surface area contributed by atoms with Crippen molar-refractivity contribution in [3.8, 4) is 5.75 Å². The number of benzene rings is 4. The van der Waals surface area contributed by atoms with Crippen molar-refractivity contribution in [2.45, 2.75) is 17.1 Å². The molecule has 218 valence electrons. The van der Waals surface area contributed by atoms with Crippen LogP contribution in [0.3, 0.4) is 0 Å². The highest BCUT2D eigenvalue weighted by Gasteiger charge is 2.18. The predicted octanol–water partition coefficient (Wildman–Crippen LogP) is 6.27. The summed E-state index contributed by atoms with van der Waals surface area (Å²) in [6, 6.07) is 26.0. The van der Waals surface area contributed by atoms with Gasteiger partial charge in [0.25, 0.3) is 11.8 Å². The normalized spacial score (nSPS) is 11.7. The van der Waals surface area contributed by atoms with Gasteiger partial charge in [-0.05, 0) is 85.3 Å². The van der Waals surface area contributed by atoms with Crippen molar-refractivity contribution in [1.82, 2.24) is 5.32 Å². The average molecular weight is 616 g/mol. The third-order valence-electron chi connectivity index (χ3n) is 5.98. The summed E-state index contributed by atoms with van der Waals surface area (Å²) in [6.45, 7) is 1.69. The summed E-state index contributed by atoms with van der Waals surface area (Å²) in [5, 5.41) is 26.9. The van der Waals surface area contributed by atoms with Crippen molar-refractivity contribution < 1.29 is 29.4 Å². The number of nitrogens with one attached hydrogen (secondary N) is 3. The second kappa shape index (κ2) is 14.2. The van der Waals surface area contributed by atoms with Gasteiger partial charge in [0.05, 0.1) is 5.25 Å². The lowest BCUT2D eigenvalue weighted by atomic mass is 10.1. The Bertz CT molecular complexity index is 1690. The molecule has 0 saturated heterocycles. The zero-order chi connectivity index (χ0) is 30.9. The van der Waals surface area contributed by atoms with Crippen LogP contribution in [-0.4, -0.2) is 39.2 Å². The Balaban J connectivity index is 1.42. The van der Waals surface area contributed by atoms with E-state index >= 15 is 0 Å². The number of aromatic carboxylic acids is 1. The van der Waals surface area contributed by atoms with Gasteiger partial charge in [0.2, 0.25) is 5.91 Å². The van der Waals surface area contributed by atoms with Crippen LogP contribution in [0.2, 0.25) is 5.02 Å². The molecule has 0 heterocycles. The van der Waals surface area contributed by atoms with Gasteiger partial charge in [-0.1, -0.05) is 41.9 Å². The molecule has 4 aromatic rings. The number of phenols is 1. The molecule has 0 spiro atoms. The molecule has 1 atom stereocenters. The number of rotatable bonds is 10. The summed E-state index contributed by atoms with van der Waals surface area (Å²) in [5.74, 6) is -3.07. The molecule has 0 aliphatic carbocycles. The third kappa shape index (κ3) is 8.71. The summed E-state index contributed by atoms with van der Waals surface area (Å²) < 4.78 is 0. The van der Waals surface area contributed by atoms with E-state index < -0.39 is 28.8 Å². The van der Waals surface area contributed by atoms with Crippen LogP contribution in [0, 0.1) is 0 Å². The topological polar surface area (TPSA) is 145 Å². The van der Waals surface area contributed by atoms with Gasteiger partial charge in [-0.15, -0.1) is 11.8 Å². The summed E-state index contributed by atoms with van der Waals surface area (Å²) >= 11 is 7.35. The maximum atomic E-state index is 13.2. The molecular weight excluding hydrogens is 590 g/mol. The first kappa shape index (κ1) is 30.9. The zero-order valence-corrected chi connectivity index (χ0v) is 24.3. The molecule has 1 unspecified atom stereocenters. The fourth-order valence-corrected chi connectivity index (χ4v) is 4.87. The van der Waals surface area contributed by atoms with E-state index in [0.29, 0.717) is 21.8 Å². The number of carbonyl (C=O) groups excluding carboxylic acids is 3. The van der Waals surface area contributed by atoms with Crippen molar-refractivity contribution in [2.75, 3.05) is 10.6 Å². The van der Waals surface area contributed by atoms with Gasteiger partial charge >= 0.3 is 5.97 Å². The molecule has 0 aromatic heterocycles. The number of carboxylic acids is 1. The minimum atomic E-state index is -1.31. The Hall–Kier alpha value is -5.06. The van der Waals surface area contributed by atoms with Crippen molar-refractivity contribution in [3.63, 3.8) is 0 Å². The Kier molecular flexibility index (Phi) is 10.2. The molecule has 0 radical (unpaired) electrons. The highest BCUT2D eigenvalue weighted by Crippen LogP contribution is 2.27. The number of anilines is 2.